The third kappa shape index (κ3) is 2.48. The summed E-state index contributed by atoms with van der Waals surface area (Å²) in [6.45, 7) is 0. The molecule has 2 aromatic heterocycles. The fourth-order valence-electron chi connectivity index (χ4n) is 2.74. The van der Waals surface area contributed by atoms with E-state index >= 15 is 0 Å². The zero-order chi connectivity index (χ0) is 16.5. The number of benzene rings is 1. The lowest BCUT2D eigenvalue weighted by molar-refractivity contribution is 0.0660. The number of rotatable bonds is 3. The van der Waals surface area contributed by atoms with Crippen molar-refractivity contribution in [2.75, 3.05) is 0 Å². The third-order valence-electron chi connectivity index (χ3n) is 3.92. The van der Waals surface area contributed by atoms with Crippen LogP contribution in [-0.2, 0) is 0 Å². The van der Waals surface area contributed by atoms with Crippen LogP contribution >= 0.6 is 0 Å². The van der Waals surface area contributed by atoms with Crippen molar-refractivity contribution in [3.05, 3.63) is 78.1 Å². The molecule has 4 rings (SSSR count). The summed E-state index contributed by atoms with van der Waals surface area (Å²) in [7, 11) is 0. The van der Waals surface area contributed by atoms with E-state index in [0.29, 0.717) is 12.2 Å². The average Bonchev–Trinajstić information content (AvgIpc) is 3.34. The van der Waals surface area contributed by atoms with Crippen molar-refractivity contribution in [3.63, 3.8) is 0 Å². The van der Waals surface area contributed by atoms with Crippen LogP contribution in [0.3, 0.4) is 0 Å². The van der Waals surface area contributed by atoms with Gasteiger partial charge >= 0.3 is 5.91 Å². The first kappa shape index (κ1) is 14.3. The molecular formula is C18H14N2O4. The van der Waals surface area contributed by atoms with E-state index in [4.69, 9.17) is 8.83 Å². The van der Waals surface area contributed by atoms with Gasteiger partial charge in [0.05, 0.1) is 18.2 Å². The molecule has 1 atom stereocenters. The summed E-state index contributed by atoms with van der Waals surface area (Å²) < 4.78 is 10.7. The van der Waals surface area contributed by atoms with Crippen LogP contribution in [0.2, 0.25) is 0 Å². The van der Waals surface area contributed by atoms with Crippen LogP contribution in [-0.4, -0.2) is 21.7 Å². The monoisotopic (exact) mass is 322 g/mol. The maximum Gasteiger partial charge on any atom is 0.310 e. The number of hydrogen-bond donors (Lipinski definition) is 1. The Hall–Kier alpha value is -3.28. The fraction of sp³-hybridized carbons (Fsp3) is 0.111. The van der Waals surface area contributed by atoms with Gasteiger partial charge in [0.15, 0.2) is 5.76 Å². The van der Waals surface area contributed by atoms with Crippen LogP contribution in [0.15, 0.2) is 75.0 Å². The molecule has 0 saturated carbocycles. The van der Waals surface area contributed by atoms with Crippen LogP contribution in [0.5, 0.6) is 5.75 Å². The van der Waals surface area contributed by atoms with E-state index in [2.05, 4.69) is 5.10 Å². The third-order valence-corrected chi connectivity index (χ3v) is 3.92. The molecule has 0 bridgehead atoms. The second kappa shape index (κ2) is 5.73. The summed E-state index contributed by atoms with van der Waals surface area (Å²) >= 11 is 0. The number of furan rings is 2. The van der Waals surface area contributed by atoms with Crippen LogP contribution in [0.1, 0.15) is 34.3 Å². The van der Waals surface area contributed by atoms with Crippen LogP contribution < -0.4 is 0 Å². The number of hydrazone groups is 1. The molecule has 6 heteroatoms. The van der Waals surface area contributed by atoms with Crippen molar-refractivity contribution in [1.29, 1.82) is 0 Å². The molecule has 1 amide bonds. The van der Waals surface area contributed by atoms with E-state index in [0.717, 1.165) is 11.3 Å². The summed E-state index contributed by atoms with van der Waals surface area (Å²) in [6.07, 6.45) is 3.55. The number of amides is 1. The van der Waals surface area contributed by atoms with Crippen molar-refractivity contribution in [2.45, 2.75) is 12.5 Å². The summed E-state index contributed by atoms with van der Waals surface area (Å²) in [5.74, 6) is 0.744. The Bertz CT molecular complexity index is 864. The molecule has 0 aliphatic carbocycles. The van der Waals surface area contributed by atoms with Gasteiger partial charge < -0.3 is 13.9 Å². The molecule has 3 heterocycles. The molecular weight excluding hydrogens is 308 g/mol. The molecule has 0 radical (unpaired) electrons. The van der Waals surface area contributed by atoms with Gasteiger partial charge in [-0.25, -0.2) is 5.01 Å². The largest absolute Gasteiger partial charge is 0.508 e. The molecule has 0 spiro atoms. The maximum absolute atomic E-state index is 12.7. The van der Waals surface area contributed by atoms with Crippen molar-refractivity contribution in [2.24, 2.45) is 5.10 Å². The number of phenolic OH excluding ortho intramolecular Hbond substituents is 1. The lowest BCUT2D eigenvalue weighted by Gasteiger charge is -2.18. The number of carbonyl (C=O) groups is 1. The highest BCUT2D eigenvalue weighted by Crippen LogP contribution is 2.34. The Morgan fingerprint density at radius 3 is 2.50 bits per heavy atom. The molecule has 0 saturated heterocycles. The van der Waals surface area contributed by atoms with Gasteiger partial charge in [0.1, 0.15) is 17.6 Å². The Kier molecular flexibility index (Phi) is 3.42. The molecule has 1 aliphatic rings. The lowest BCUT2D eigenvalue weighted by atomic mass is 10.0. The first-order chi connectivity index (χ1) is 11.7. The maximum atomic E-state index is 12.7. The normalized spacial score (nSPS) is 17.1. The van der Waals surface area contributed by atoms with Crippen LogP contribution in [0, 0.1) is 0 Å². The van der Waals surface area contributed by atoms with Gasteiger partial charge in [-0.1, -0.05) is 0 Å². The smallest absolute Gasteiger partial charge is 0.310 e. The van der Waals surface area contributed by atoms with E-state index in [1.54, 1.807) is 48.7 Å². The number of phenols is 1. The van der Waals surface area contributed by atoms with Gasteiger partial charge in [-0.3, -0.25) is 4.79 Å². The van der Waals surface area contributed by atoms with Gasteiger partial charge in [-0.05, 0) is 54.1 Å². The Balaban J connectivity index is 1.71. The number of aromatic hydroxyl groups is 1. The minimum atomic E-state index is -0.332. The van der Waals surface area contributed by atoms with Gasteiger partial charge in [0, 0.05) is 6.42 Å². The van der Waals surface area contributed by atoms with E-state index in [1.165, 1.54) is 11.3 Å². The highest BCUT2D eigenvalue weighted by atomic mass is 16.3. The highest BCUT2D eigenvalue weighted by molar-refractivity contribution is 6.04. The second-order valence-corrected chi connectivity index (χ2v) is 5.46. The summed E-state index contributed by atoms with van der Waals surface area (Å²) in [5.41, 5.74) is 1.59. The van der Waals surface area contributed by atoms with Gasteiger partial charge in [-0.2, -0.15) is 5.10 Å². The molecule has 1 aromatic carbocycles. The second-order valence-electron chi connectivity index (χ2n) is 5.46. The molecule has 1 aliphatic heterocycles. The quantitative estimate of drug-likeness (QED) is 0.799. The van der Waals surface area contributed by atoms with E-state index < -0.39 is 0 Å². The Labute approximate surface area is 137 Å². The van der Waals surface area contributed by atoms with Gasteiger partial charge in [0.25, 0.3) is 0 Å². The standard InChI is InChI=1S/C18H14N2O4/c21-13-7-5-12(6-8-13)14-11-15(16-3-1-9-23-16)20(19-14)18(22)17-4-2-10-24-17/h1-10,15,21H,11H2/t15-/m1/s1. The Morgan fingerprint density at radius 1 is 1.08 bits per heavy atom. The average molecular weight is 322 g/mol. The van der Waals surface area contributed by atoms with E-state index in [9.17, 15) is 9.90 Å². The number of hydrogen-bond acceptors (Lipinski definition) is 5. The molecule has 3 aromatic rings. The predicted octanol–water partition coefficient (Wildman–Crippen LogP) is 3.57. The number of nitrogens with zero attached hydrogens (tertiary/aromatic N) is 2. The van der Waals surface area contributed by atoms with Crippen molar-refractivity contribution in [3.8, 4) is 5.75 Å². The zero-order valence-electron chi connectivity index (χ0n) is 12.6. The summed E-state index contributed by atoms with van der Waals surface area (Å²) in [5, 5.41) is 15.3. The molecule has 0 unspecified atom stereocenters. The SMILES string of the molecule is O=C(c1ccco1)N1N=C(c2ccc(O)cc2)C[C@@H]1c1ccco1. The van der Waals surface area contributed by atoms with Crippen LogP contribution in [0.25, 0.3) is 0 Å². The van der Waals surface area contributed by atoms with E-state index in [-0.39, 0.29) is 23.5 Å². The van der Waals surface area contributed by atoms with Crippen molar-refractivity contribution >= 4 is 11.6 Å². The first-order valence-corrected chi connectivity index (χ1v) is 7.50. The number of carbonyl (C=O) groups excluding carboxylic acids is 1. The van der Waals surface area contributed by atoms with Crippen molar-refractivity contribution < 1.29 is 18.7 Å². The first-order valence-electron chi connectivity index (χ1n) is 7.50. The van der Waals surface area contributed by atoms with Gasteiger partial charge in [0.2, 0.25) is 0 Å². The fourth-order valence-corrected chi connectivity index (χ4v) is 2.74. The minimum absolute atomic E-state index is 0.184. The predicted molar refractivity (Wildman–Crippen MR) is 85.6 cm³/mol. The molecule has 24 heavy (non-hydrogen) atoms. The van der Waals surface area contributed by atoms with Gasteiger partial charge in [-0.15, -0.1) is 0 Å². The molecule has 0 fully saturated rings. The van der Waals surface area contributed by atoms with Crippen LogP contribution in [0.4, 0.5) is 0 Å². The lowest BCUT2D eigenvalue weighted by Crippen LogP contribution is -2.26. The minimum Gasteiger partial charge on any atom is -0.508 e. The topological polar surface area (TPSA) is 79.2 Å². The van der Waals surface area contributed by atoms with Crippen molar-refractivity contribution in [1.82, 2.24) is 5.01 Å². The summed E-state index contributed by atoms with van der Waals surface area (Å²) in [4.78, 5) is 12.7. The molecule has 1 N–H and O–H groups in total. The molecule has 120 valence electrons. The molecule has 6 nitrogen and oxygen atoms in total. The zero-order valence-corrected chi connectivity index (χ0v) is 12.6. The summed E-state index contributed by atoms with van der Waals surface area (Å²) in [6, 6.07) is 13.3. The highest BCUT2D eigenvalue weighted by Gasteiger charge is 2.36. The van der Waals surface area contributed by atoms with E-state index in [1.807, 2.05) is 6.07 Å². The Morgan fingerprint density at radius 2 is 1.83 bits per heavy atom.